The van der Waals surface area contributed by atoms with Crippen molar-refractivity contribution in [3.8, 4) is 0 Å². The topological polar surface area (TPSA) is 70.0 Å². The first-order chi connectivity index (χ1) is 4.25. The maximum Gasteiger partial charge on any atom is 0.337 e. The van der Waals surface area contributed by atoms with Crippen LogP contribution in [0.3, 0.4) is 0 Å². The molecular formula is C4H4N2O3. The van der Waals surface area contributed by atoms with Crippen molar-refractivity contribution < 1.29 is 14.7 Å². The lowest BCUT2D eigenvalue weighted by molar-refractivity contribution is -0.141. The molecule has 5 heteroatoms. The van der Waals surface area contributed by atoms with E-state index in [-0.39, 0.29) is 0 Å². The fourth-order valence-electron chi connectivity index (χ4n) is 0.453. The Bertz CT molecular complexity index is 186. The van der Waals surface area contributed by atoms with Crippen molar-refractivity contribution in [2.24, 2.45) is 4.99 Å². The molecule has 1 N–H and O–H groups in total. The molecule has 1 aliphatic heterocycles. The summed E-state index contributed by atoms with van der Waals surface area (Å²) in [5.41, 5.74) is 0. The molecular weight excluding hydrogens is 124 g/mol. The van der Waals surface area contributed by atoms with Gasteiger partial charge in [0, 0.05) is 0 Å². The van der Waals surface area contributed by atoms with Gasteiger partial charge in [-0.25, -0.2) is 0 Å². The van der Waals surface area contributed by atoms with Gasteiger partial charge in [0.1, 0.15) is 13.1 Å². The van der Waals surface area contributed by atoms with E-state index in [2.05, 4.69) is 4.99 Å². The minimum Gasteiger partial charge on any atom is -0.376 e. The molecule has 2 amide bonds. The van der Waals surface area contributed by atoms with E-state index in [9.17, 15) is 9.59 Å². The summed E-state index contributed by atoms with van der Waals surface area (Å²) in [4.78, 5) is 24.6. The molecule has 0 unspecified atom stereocenters. The van der Waals surface area contributed by atoms with Crippen molar-refractivity contribution in [3.05, 3.63) is 0 Å². The molecule has 9 heavy (non-hydrogen) atoms. The zero-order valence-corrected chi connectivity index (χ0v) is 4.44. The number of carbonyl (C=O) groups excluding carboxylic acids is 2. The van der Waals surface area contributed by atoms with Crippen LogP contribution in [0.2, 0.25) is 0 Å². The van der Waals surface area contributed by atoms with E-state index < -0.39 is 18.5 Å². The fourth-order valence-corrected chi connectivity index (χ4v) is 0.453. The molecule has 5 nitrogen and oxygen atoms in total. The van der Waals surface area contributed by atoms with Gasteiger partial charge in [-0.3, -0.25) is 14.5 Å². The second kappa shape index (κ2) is 1.94. The summed E-state index contributed by atoms with van der Waals surface area (Å²) in [5.74, 6) is -1.61. The maximum absolute atomic E-state index is 10.4. The standard InChI is InChI=1S/C4H4N2O3/c7-2-6-1-5-3(8)4(6)9/h1,7H,2H2. The molecule has 0 bridgehead atoms. The number of aliphatic imine (C=N–C) groups is 1. The predicted octanol–water partition coefficient (Wildman–Crippen LogP) is -1.67. The average Bonchev–Trinajstić information content (AvgIpc) is 2.15. The molecule has 0 spiro atoms. The lowest BCUT2D eigenvalue weighted by Gasteiger charge is -2.02. The second-order valence-corrected chi connectivity index (χ2v) is 1.47. The van der Waals surface area contributed by atoms with Crippen molar-refractivity contribution in [1.29, 1.82) is 0 Å². The Labute approximate surface area is 50.6 Å². The van der Waals surface area contributed by atoms with Crippen LogP contribution in [0.5, 0.6) is 0 Å². The van der Waals surface area contributed by atoms with Crippen molar-refractivity contribution in [3.63, 3.8) is 0 Å². The molecule has 1 heterocycles. The monoisotopic (exact) mass is 128 g/mol. The summed E-state index contributed by atoms with van der Waals surface area (Å²) in [6, 6.07) is 0. The van der Waals surface area contributed by atoms with E-state index in [0.717, 1.165) is 11.2 Å². The minimum absolute atomic E-state index is 0.492. The normalized spacial score (nSPS) is 17.7. The summed E-state index contributed by atoms with van der Waals surface area (Å²) in [5, 5.41) is 8.32. The Morgan fingerprint density at radius 1 is 1.67 bits per heavy atom. The van der Waals surface area contributed by atoms with Gasteiger partial charge in [0.05, 0.1) is 0 Å². The highest BCUT2D eigenvalue weighted by Gasteiger charge is 2.24. The smallest absolute Gasteiger partial charge is 0.337 e. The third kappa shape index (κ3) is 0.812. The first-order valence-electron chi connectivity index (χ1n) is 2.25. The van der Waals surface area contributed by atoms with Crippen LogP contribution in [0.15, 0.2) is 4.99 Å². The summed E-state index contributed by atoms with van der Waals surface area (Å²) >= 11 is 0. The summed E-state index contributed by atoms with van der Waals surface area (Å²) in [6.45, 7) is -0.492. The molecule has 0 aromatic carbocycles. The highest BCUT2D eigenvalue weighted by Crippen LogP contribution is 1.94. The summed E-state index contributed by atoms with van der Waals surface area (Å²) in [7, 11) is 0. The van der Waals surface area contributed by atoms with Crippen molar-refractivity contribution in [2.45, 2.75) is 0 Å². The van der Waals surface area contributed by atoms with E-state index in [1.54, 1.807) is 0 Å². The second-order valence-electron chi connectivity index (χ2n) is 1.47. The predicted molar refractivity (Wildman–Crippen MR) is 27.4 cm³/mol. The van der Waals surface area contributed by atoms with Crippen LogP contribution >= 0.6 is 0 Å². The molecule has 0 fully saturated rings. The van der Waals surface area contributed by atoms with Crippen molar-refractivity contribution >= 4 is 18.2 Å². The molecule has 0 saturated heterocycles. The molecule has 0 aromatic heterocycles. The van der Waals surface area contributed by atoms with Gasteiger partial charge in [-0.15, -0.1) is 0 Å². The van der Waals surface area contributed by atoms with E-state index in [1.807, 2.05) is 0 Å². The highest BCUT2D eigenvalue weighted by atomic mass is 16.3. The number of amides is 2. The number of aliphatic hydroxyl groups excluding tert-OH is 1. The van der Waals surface area contributed by atoms with Gasteiger partial charge in [-0.1, -0.05) is 0 Å². The molecule has 0 aromatic rings. The van der Waals surface area contributed by atoms with Crippen LogP contribution in [0.1, 0.15) is 0 Å². The number of hydrogen-bond donors (Lipinski definition) is 1. The number of aliphatic hydroxyl groups is 1. The number of carbonyl (C=O) groups is 2. The Balaban J connectivity index is 2.73. The molecule has 0 radical (unpaired) electrons. The van der Waals surface area contributed by atoms with Gasteiger partial charge in [-0.05, 0) is 0 Å². The lowest BCUT2D eigenvalue weighted by Crippen LogP contribution is -2.28. The Kier molecular flexibility index (Phi) is 1.27. The average molecular weight is 128 g/mol. The van der Waals surface area contributed by atoms with Gasteiger partial charge in [0.2, 0.25) is 0 Å². The van der Waals surface area contributed by atoms with E-state index in [1.165, 1.54) is 0 Å². The number of hydrogen-bond acceptors (Lipinski definition) is 3. The highest BCUT2D eigenvalue weighted by molar-refractivity contribution is 6.41. The van der Waals surface area contributed by atoms with Crippen LogP contribution < -0.4 is 0 Å². The summed E-state index contributed by atoms with van der Waals surface area (Å²) in [6.07, 6.45) is 1.00. The molecule has 1 aliphatic rings. The minimum atomic E-state index is -0.830. The molecule has 0 atom stereocenters. The van der Waals surface area contributed by atoms with Crippen LogP contribution in [-0.4, -0.2) is 34.9 Å². The van der Waals surface area contributed by atoms with Gasteiger partial charge >= 0.3 is 11.8 Å². The van der Waals surface area contributed by atoms with Gasteiger partial charge in [-0.2, -0.15) is 4.99 Å². The maximum atomic E-state index is 10.4. The van der Waals surface area contributed by atoms with Gasteiger partial charge < -0.3 is 5.11 Å². The van der Waals surface area contributed by atoms with E-state index in [0.29, 0.717) is 0 Å². The quantitative estimate of drug-likeness (QED) is 0.429. The number of rotatable bonds is 1. The SMILES string of the molecule is O=C1N=CN(CO)C1=O. The lowest BCUT2D eigenvalue weighted by atomic mass is 10.6. The molecule has 1 rings (SSSR count). The van der Waals surface area contributed by atoms with E-state index >= 15 is 0 Å². The first kappa shape index (κ1) is 5.90. The van der Waals surface area contributed by atoms with Crippen molar-refractivity contribution in [1.82, 2.24) is 4.90 Å². The fraction of sp³-hybridized carbons (Fsp3) is 0.250. The van der Waals surface area contributed by atoms with Crippen LogP contribution in [0.25, 0.3) is 0 Å². The summed E-state index contributed by atoms with van der Waals surface area (Å²) < 4.78 is 0. The zero-order chi connectivity index (χ0) is 6.85. The molecule has 48 valence electrons. The van der Waals surface area contributed by atoms with Crippen molar-refractivity contribution in [2.75, 3.05) is 6.73 Å². The molecule has 0 saturated carbocycles. The Morgan fingerprint density at radius 3 is 2.56 bits per heavy atom. The Morgan fingerprint density at radius 2 is 2.33 bits per heavy atom. The van der Waals surface area contributed by atoms with Crippen LogP contribution in [0, 0.1) is 0 Å². The van der Waals surface area contributed by atoms with E-state index in [4.69, 9.17) is 5.11 Å². The van der Waals surface area contributed by atoms with Gasteiger partial charge in [0.25, 0.3) is 0 Å². The Hall–Kier alpha value is -1.23. The van der Waals surface area contributed by atoms with Crippen LogP contribution in [0.4, 0.5) is 0 Å². The third-order valence-electron chi connectivity index (χ3n) is 0.911. The van der Waals surface area contributed by atoms with Crippen LogP contribution in [-0.2, 0) is 9.59 Å². The third-order valence-corrected chi connectivity index (χ3v) is 0.911. The first-order valence-corrected chi connectivity index (χ1v) is 2.25. The zero-order valence-electron chi connectivity index (χ0n) is 4.44. The largest absolute Gasteiger partial charge is 0.376 e. The van der Waals surface area contributed by atoms with Gasteiger partial charge in [0.15, 0.2) is 0 Å². The molecule has 0 aliphatic carbocycles. The number of nitrogens with zero attached hydrogens (tertiary/aromatic N) is 2.